The summed E-state index contributed by atoms with van der Waals surface area (Å²) in [7, 11) is 0. The molecule has 2 atom stereocenters. The van der Waals surface area contributed by atoms with Gasteiger partial charge < -0.3 is 10.0 Å². The molecule has 1 N–H and O–H groups in total. The number of rotatable bonds is 4. The molecule has 2 heterocycles. The van der Waals surface area contributed by atoms with Crippen molar-refractivity contribution < 1.29 is 19.1 Å². The lowest BCUT2D eigenvalue weighted by Gasteiger charge is -2.29. The van der Waals surface area contributed by atoms with Gasteiger partial charge in [0.05, 0.1) is 6.04 Å². The molecule has 7 heteroatoms. The number of benzene rings is 2. The summed E-state index contributed by atoms with van der Waals surface area (Å²) in [5.74, 6) is -1.97. The van der Waals surface area contributed by atoms with Crippen molar-refractivity contribution in [1.82, 2.24) is 9.88 Å². The maximum Gasteiger partial charge on any atom is 0.326 e. The van der Waals surface area contributed by atoms with Crippen molar-refractivity contribution >= 4 is 23.5 Å². The minimum absolute atomic E-state index is 0.357. The number of hydrogen-bond acceptors (Lipinski definition) is 3. The van der Waals surface area contributed by atoms with Crippen LogP contribution in [-0.4, -0.2) is 32.9 Å². The fraction of sp³-hybridized carbons (Fsp3) is 0.174. The van der Waals surface area contributed by atoms with Crippen LogP contribution < -0.4 is 0 Å². The van der Waals surface area contributed by atoms with Crippen molar-refractivity contribution in [1.29, 1.82) is 0 Å². The standard InChI is InChI=1S/C23H18ClFN2O3/c24-18-4-2-1-3-17(18)19-10-11-20(23(29)30)27(19)22(28)15-7-5-14(6-8-15)16-9-12-21(25)26-13-16/h1-9,12-13,19-20H,10-11H2,(H,29,30)/t19?,20-/m0/s1. The quantitative estimate of drug-likeness (QED) is 0.600. The molecule has 3 aromatic rings. The Morgan fingerprint density at radius 1 is 1.00 bits per heavy atom. The number of carbonyl (C=O) groups excluding carboxylic acids is 1. The highest BCUT2D eigenvalue weighted by molar-refractivity contribution is 6.31. The Morgan fingerprint density at radius 2 is 1.70 bits per heavy atom. The molecule has 0 saturated carbocycles. The average molecular weight is 425 g/mol. The lowest BCUT2D eigenvalue weighted by molar-refractivity contribution is -0.141. The van der Waals surface area contributed by atoms with Gasteiger partial charge in [-0.1, -0.05) is 41.9 Å². The number of likely N-dealkylation sites (tertiary alicyclic amines) is 1. The zero-order chi connectivity index (χ0) is 21.3. The first-order valence-corrected chi connectivity index (χ1v) is 9.85. The molecule has 1 aromatic heterocycles. The molecule has 152 valence electrons. The van der Waals surface area contributed by atoms with Gasteiger partial charge in [0.2, 0.25) is 5.95 Å². The van der Waals surface area contributed by atoms with Crippen LogP contribution in [0.1, 0.15) is 34.8 Å². The number of halogens is 2. The smallest absolute Gasteiger partial charge is 0.326 e. The molecule has 0 radical (unpaired) electrons. The van der Waals surface area contributed by atoms with Crippen LogP contribution >= 0.6 is 11.6 Å². The lowest BCUT2D eigenvalue weighted by atomic mass is 10.0. The van der Waals surface area contributed by atoms with Crippen LogP contribution in [0, 0.1) is 5.95 Å². The molecule has 1 saturated heterocycles. The molecular formula is C23H18ClFN2O3. The first-order valence-electron chi connectivity index (χ1n) is 9.47. The van der Waals surface area contributed by atoms with E-state index in [1.807, 2.05) is 12.1 Å². The Balaban J connectivity index is 1.65. The number of aliphatic carboxylic acids is 1. The third-order valence-corrected chi connectivity index (χ3v) is 5.71. The van der Waals surface area contributed by atoms with Crippen LogP contribution in [0.4, 0.5) is 4.39 Å². The van der Waals surface area contributed by atoms with Crippen molar-refractivity contribution in [3.05, 3.63) is 89.0 Å². The topological polar surface area (TPSA) is 70.5 Å². The van der Waals surface area contributed by atoms with Gasteiger partial charge in [-0.2, -0.15) is 4.39 Å². The highest BCUT2D eigenvalue weighted by Crippen LogP contribution is 2.40. The molecule has 1 fully saturated rings. The van der Waals surface area contributed by atoms with E-state index in [1.165, 1.54) is 17.2 Å². The average Bonchev–Trinajstić information content (AvgIpc) is 3.19. The second-order valence-corrected chi connectivity index (χ2v) is 7.54. The Morgan fingerprint density at radius 3 is 2.33 bits per heavy atom. The van der Waals surface area contributed by atoms with Crippen LogP contribution in [-0.2, 0) is 4.79 Å². The van der Waals surface area contributed by atoms with Crippen molar-refractivity contribution in [2.24, 2.45) is 0 Å². The Bertz CT molecular complexity index is 1090. The van der Waals surface area contributed by atoms with E-state index in [0.717, 1.165) is 11.1 Å². The highest BCUT2D eigenvalue weighted by Gasteiger charge is 2.42. The van der Waals surface area contributed by atoms with E-state index >= 15 is 0 Å². The fourth-order valence-corrected chi connectivity index (χ4v) is 4.15. The van der Waals surface area contributed by atoms with Crippen LogP contribution in [0.15, 0.2) is 66.9 Å². The first-order chi connectivity index (χ1) is 14.5. The summed E-state index contributed by atoms with van der Waals surface area (Å²) in [6, 6.07) is 15.5. The summed E-state index contributed by atoms with van der Waals surface area (Å²) in [6.45, 7) is 0. The van der Waals surface area contributed by atoms with E-state index in [-0.39, 0.29) is 5.91 Å². The molecule has 1 aliphatic heterocycles. The number of amides is 1. The SMILES string of the molecule is O=C(O)[C@@H]1CCC(c2ccccc2Cl)N1C(=O)c1ccc(-c2ccc(F)nc2)cc1. The van der Waals surface area contributed by atoms with Crippen molar-refractivity contribution in [3.8, 4) is 11.1 Å². The zero-order valence-electron chi connectivity index (χ0n) is 15.8. The number of carbonyl (C=O) groups is 2. The van der Waals surface area contributed by atoms with Gasteiger partial charge in [0.25, 0.3) is 5.91 Å². The van der Waals surface area contributed by atoms with Gasteiger partial charge in [-0.25, -0.2) is 9.78 Å². The van der Waals surface area contributed by atoms with E-state index < -0.39 is 24.0 Å². The molecule has 4 rings (SSSR count). The van der Waals surface area contributed by atoms with Crippen LogP contribution in [0.5, 0.6) is 0 Å². The number of nitrogens with zero attached hydrogens (tertiary/aromatic N) is 2. The second kappa shape index (κ2) is 8.24. The monoisotopic (exact) mass is 424 g/mol. The highest BCUT2D eigenvalue weighted by atomic mass is 35.5. The van der Waals surface area contributed by atoms with Gasteiger partial charge in [0.15, 0.2) is 0 Å². The van der Waals surface area contributed by atoms with Gasteiger partial charge in [-0.3, -0.25) is 4.79 Å². The molecular weight excluding hydrogens is 407 g/mol. The molecule has 1 aliphatic rings. The van der Waals surface area contributed by atoms with Gasteiger partial charge >= 0.3 is 5.97 Å². The number of aromatic nitrogens is 1. The predicted octanol–water partition coefficient (Wildman–Crippen LogP) is 4.97. The summed E-state index contributed by atoms with van der Waals surface area (Å²) in [4.78, 5) is 30.2. The van der Waals surface area contributed by atoms with E-state index in [2.05, 4.69) is 4.98 Å². The molecule has 0 bridgehead atoms. The Hall–Kier alpha value is -3.25. The van der Waals surface area contributed by atoms with Crippen molar-refractivity contribution in [2.45, 2.75) is 24.9 Å². The molecule has 2 aromatic carbocycles. The lowest BCUT2D eigenvalue weighted by Crippen LogP contribution is -2.41. The summed E-state index contributed by atoms with van der Waals surface area (Å²) in [5.41, 5.74) is 2.61. The van der Waals surface area contributed by atoms with E-state index in [0.29, 0.717) is 29.0 Å². The molecule has 30 heavy (non-hydrogen) atoms. The third-order valence-electron chi connectivity index (χ3n) is 5.36. The summed E-state index contributed by atoms with van der Waals surface area (Å²) in [5, 5.41) is 10.2. The normalized spacial score (nSPS) is 18.4. The number of carboxylic acids is 1. The van der Waals surface area contributed by atoms with Gasteiger partial charge in [-0.05, 0) is 54.3 Å². The van der Waals surface area contributed by atoms with E-state index in [4.69, 9.17) is 11.6 Å². The largest absolute Gasteiger partial charge is 0.480 e. The fourth-order valence-electron chi connectivity index (χ4n) is 3.89. The van der Waals surface area contributed by atoms with E-state index in [9.17, 15) is 19.1 Å². The van der Waals surface area contributed by atoms with Gasteiger partial charge in [-0.15, -0.1) is 0 Å². The summed E-state index contributed by atoms with van der Waals surface area (Å²) >= 11 is 6.33. The van der Waals surface area contributed by atoms with Crippen molar-refractivity contribution in [3.63, 3.8) is 0 Å². The summed E-state index contributed by atoms with van der Waals surface area (Å²) in [6.07, 6.45) is 2.29. The van der Waals surface area contributed by atoms with Crippen molar-refractivity contribution in [2.75, 3.05) is 0 Å². The minimum Gasteiger partial charge on any atom is -0.480 e. The molecule has 0 aliphatic carbocycles. The van der Waals surface area contributed by atoms with Crippen LogP contribution in [0.3, 0.4) is 0 Å². The molecule has 5 nitrogen and oxygen atoms in total. The number of carboxylic acid groups (broad SMARTS) is 1. The van der Waals surface area contributed by atoms with Crippen LogP contribution in [0.2, 0.25) is 5.02 Å². The van der Waals surface area contributed by atoms with Crippen LogP contribution in [0.25, 0.3) is 11.1 Å². The number of pyridine rings is 1. The Kier molecular flexibility index (Phi) is 5.50. The van der Waals surface area contributed by atoms with Gasteiger partial charge in [0.1, 0.15) is 6.04 Å². The molecule has 1 unspecified atom stereocenters. The predicted molar refractivity (Wildman–Crippen MR) is 111 cm³/mol. The zero-order valence-corrected chi connectivity index (χ0v) is 16.6. The van der Waals surface area contributed by atoms with Gasteiger partial charge in [0, 0.05) is 22.3 Å². The third kappa shape index (κ3) is 3.78. The molecule has 0 spiro atoms. The second-order valence-electron chi connectivity index (χ2n) is 7.13. The van der Waals surface area contributed by atoms with E-state index in [1.54, 1.807) is 42.5 Å². The molecule has 1 amide bonds. The minimum atomic E-state index is -1.04. The Labute approximate surface area is 177 Å². The maximum absolute atomic E-state index is 13.3. The summed E-state index contributed by atoms with van der Waals surface area (Å²) < 4.78 is 13.0. The number of hydrogen-bond donors (Lipinski definition) is 1. The first kappa shape index (κ1) is 20.0. The maximum atomic E-state index is 13.3.